The Morgan fingerprint density at radius 3 is 2.58 bits per heavy atom. The van der Waals surface area contributed by atoms with E-state index in [4.69, 9.17) is 5.11 Å². The Hall–Kier alpha value is -2.21. The molecule has 0 aromatic carbocycles. The van der Waals surface area contributed by atoms with E-state index in [2.05, 4.69) is 20.3 Å². The standard InChI is InChI=1S/C18H26N4O2/c1-14-7-8-15(12-20-14)11-16-13-21-18(22-17(16)24)19-9-5-3-2-4-6-10-23/h7-8,12-13,23H,2-6,9-11H2,1H3,(H2,19,21,22,24). The fourth-order valence-electron chi connectivity index (χ4n) is 2.43. The van der Waals surface area contributed by atoms with Crippen molar-refractivity contribution in [2.45, 2.75) is 45.4 Å². The second-order valence-corrected chi connectivity index (χ2v) is 5.99. The zero-order chi connectivity index (χ0) is 17.2. The zero-order valence-corrected chi connectivity index (χ0v) is 14.2. The molecule has 0 radical (unpaired) electrons. The van der Waals surface area contributed by atoms with E-state index in [1.807, 2.05) is 19.1 Å². The van der Waals surface area contributed by atoms with Crippen molar-refractivity contribution in [2.24, 2.45) is 0 Å². The van der Waals surface area contributed by atoms with Crippen LogP contribution in [0.1, 0.15) is 48.9 Å². The molecule has 6 heteroatoms. The van der Waals surface area contributed by atoms with Crippen molar-refractivity contribution in [3.8, 4) is 0 Å². The summed E-state index contributed by atoms with van der Waals surface area (Å²) in [6, 6.07) is 3.91. The molecule has 0 unspecified atom stereocenters. The number of aliphatic hydroxyl groups excluding tert-OH is 1. The number of aryl methyl sites for hydroxylation is 1. The van der Waals surface area contributed by atoms with E-state index in [0.29, 0.717) is 17.9 Å². The number of rotatable bonds is 10. The molecule has 2 aromatic heterocycles. The van der Waals surface area contributed by atoms with E-state index in [1.165, 1.54) is 0 Å². The highest BCUT2D eigenvalue weighted by atomic mass is 16.2. The number of H-pyrrole nitrogens is 1. The molecule has 0 aliphatic rings. The Balaban J connectivity index is 1.79. The van der Waals surface area contributed by atoms with Gasteiger partial charge in [0.1, 0.15) is 0 Å². The first kappa shape index (κ1) is 18.1. The van der Waals surface area contributed by atoms with E-state index >= 15 is 0 Å². The zero-order valence-electron chi connectivity index (χ0n) is 14.2. The van der Waals surface area contributed by atoms with Gasteiger partial charge in [-0.05, 0) is 31.4 Å². The van der Waals surface area contributed by atoms with Gasteiger partial charge in [0.05, 0.1) is 0 Å². The lowest BCUT2D eigenvalue weighted by molar-refractivity contribution is 0.282. The minimum absolute atomic E-state index is 0.115. The number of nitrogens with zero attached hydrogens (tertiary/aromatic N) is 2. The quantitative estimate of drug-likeness (QED) is 0.582. The van der Waals surface area contributed by atoms with Gasteiger partial charge in [-0.2, -0.15) is 0 Å². The molecule has 0 aliphatic heterocycles. The van der Waals surface area contributed by atoms with Crippen molar-refractivity contribution in [3.63, 3.8) is 0 Å². The largest absolute Gasteiger partial charge is 0.396 e. The molecule has 0 atom stereocenters. The highest BCUT2D eigenvalue weighted by Gasteiger charge is 2.04. The molecule has 0 bridgehead atoms. The van der Waals surface area contributed by atoms with Crippen molar-refractivity contribution >= 4 is 5.95 Å². The van der Waals surface area contributed by atoms with Crippen LogP contribution in [0, 0.1) is 6.92 Å². The van der Waals surface area contributed by atoms with E-state index in [0.717, 1.165) is 49.9 Å². The van der Waals surface area contributed by atoms with Crippen molar-refractivity contribution in [2.75, 3.05) is 18.5 Å². The summed E-state index contributed by atoms with van der Waals surface area (Å²) in [7, 11) is 0. The number of anilines is 1. The topological polar surface area (TPSA) is 90.9 Å². The molecule has 0 fully saturated rings. The second-order valence-electron chi connectivity index (χ2n) is 5.99. The van der Waals surface area contributed by atoms with Crippen LogP contribution in [0.25, 0.3) is 0 Å². The maximum absolute atomic E-state index is 12.1. The first-order chi connectivity index (χ1) is 11.7. The van der Waals surface area contributed by atoms with Gasteiger partial charge >= 0.3 is 0 Å². The van der Waals surface area contributed by atoms with Gasteiger partial charge in [0.15, 0.2) is 0 Å². The van der Waals surface area contributed by atoms with Gasteiger partial charge in [0.2, 0.25) is 5.95 Å². The normalized spacial score (nSPS) is 10.8. The number of unbranched alkanes of at least 4 members (excludes halogenated alkanes) is 4. The minimum atomic E-state index is -0.115. The average molecular weight is 330 g/mol. The van der Waals surface area contributed by atoms with E-state index in [1.54, 1.807) is 12.4 Å². The van der Waals surface area contributed by atoms with Crippen LogP contribution >= 0.6 is 0 Å². The Bertz CT molecular complexity index is 667. The van der Waals surface area contributed by atoms with Crippen molar-refractivity contribution in [1.29, 1.82) is 0 Å². The molecule has 130 valence electrons. The van der Waals surface area contributed by atoms with E-state index in [-0.39, 0.29) is 12.2 Å². The van der Waals surface area contributed by atoms with Gasteiger partial charge in [-0.3, -0.25) is 14.8 Å². The summed E-state index contributed by atoms with van der Waals surface area (Å²) in [6.45, 7) is 2.99. The number of nitrogens with one attached hydrogen (secondary N) is 2. The third kappa shape index (κ3) is 6.12. The van der Waals surface area contributed by atoms with Gasteiger partial charge in [0.25, 0.3) is 5.56 Å². The summed E-state index contributed by atoms with van der Waals surface area (Å²) < 4.78 is 0. The first-order valence-electron chi connectivity index (χ1n) is 8.53. The fourth-order valence-corrected chi connectivity index (χ4v) is 2.43. The summed E-state index contributed by atoms with van der Waals surface area (Å²) in [6.07, 6.45) is 9.13. The Labute approximate surface area is 142 Å². The van der Waals surface area contributed by atoms with E-state index < -0.39 is 0 Å². The molecule has 3 N–H and O–H groups in total. The highest BCUT2D eigenvalue weighted by molar-refractivity contribution is 5.27. The lowest BCUT2D eigenvalue weighted by Crippen LogP contribution is -2.17. The molecule has 0 amide bonds. The summed E-state index contributed by atoms with van der Waals surface area (Å²) in [5.74, 6) is 0.515. The molecule has 2 aromatic rings. The maximum atomic E-state index is 12.1. The van der Waals surface area contributed by atoms with Crippen LogP contribution in [0.3, 0.4) is 0 Å². The highest BCUT2D eigenvalue weighted by Crippen LogP contribution is 2.06. The van der Waals surface area contributed by atoms with Crippen LogP contribution in [-0.4, -0.2) is 33.2 Å². The first-order valence-corrected chi connectivity index (χ1v) is 8.53. The molecule has 0 aliphatic carbocycles. The predicted octanol–water partition coefficient (Wildman–Crippen LogP) is 2.42. The van der Waals surface area contributed by atoms with Gasteiger partial charge in [0, 0.05) is 43.2 Å². The van der Waals surface area contributed by atoms with Gasteiger partial charge in [-0.15, -0.1) is 0 Å². The van der Waals surface area contributed by atoms with Crippen LogP contribution in [0.4, 0.5) is 5.95 Å². The molecule has 2 rings (SSSR count). The Morgan fingerprint density at radius 1 is 1.08 bits per heavy atom. The molecular formula is C18H26N4O2. The van der Waals surface area contributed by atoms with Gasteiger partial charge in [-0.1, -0.05) is 25.3 Å². The smallest absolute Gasteiger partial charge is 0.255 e. The SMILES string of the molecule is Cc1ccc(Cc2cnc(NCCCCCCCO)[nH]c2=O)cn1. The molecule has 0 saturated heterocycles. The Morgan fingerprint density at radius 2 is 1.88 bits per heavy atom. The lowest BCUT2D eigenvalue weighted by Gasteiger charge is -2.06. The van der Waals surface area contributed by atoms with Gasteiger partial charge in [-0.25, -0.2) is 4.98 Å². The molecule has 0 saturated carbocycles. The molecule has 2 heterocycles. The van der Waals surface area contributed by atoms with Crippen LogP contribution in [0.5, 0.6) is 0 Å². The third-order valence-electron chi connectivity index (χ3n) is 3.87. The minimum Gasteiger partial charge on any atom is -0.396 e. The summed E-state index contributed by atoms with van der Waals surface area (Å²) in [4.78, 5) is 23.4. The van der Waals surface area contributed by atoms with Crippen molar-refractivity contribution in [3.05, 3.63) is 51.7 Å². The number of aromatic amines is 1. The maximum Gasteiger partial charge on any atom is 0.255 e. The number of hydrogen-bond acceptors (Lipinski definition) is 5. The van der Waals surface area contributed by atoms with Gasteiger partial charge < -0.3 is 10.4 Å². The molecule has 6 nitrogen and oxygen atoms in total. The number of hydrogen-bond donors (Lipinski definition) is 3. The fraction of sp³-hybridized carbons (Fsp3) is 0.500. The van der Waals surface area contributed by atoms with E-state index in [9.17, 15) is 4.79 Å². The number of pyridine rings is 1. The lowest BCUT2D eigenvalue weighted by atomic mass is 10.1. The number of aliphatic hydroxyl groups is 1. The predicted molar refractivity (Wildman–Crippen MR) is 95.3 cm³/mol. The molecular weight excluding hydrogens is 304 g/mol. The second kappa shape index (κ2) is 9.82. The third-order valence-corrected chi connectivity index (χ3v) is 3.87. The summed E-state index contributed by atoms with van der Waals surface area (Å²) in [5, 5.41) is 11.9. The Kier molecular flexibility index (Phi) is 7.42. The average Bonchev–Trinajstić information content (AvgIpc) is 2.58. The molecule has 0 spiro atoms. The van der Waals surface area contributed by atoms with Crippen molar-refractivity contribution in [1.82, 2.24) is 15.0 Å². The summed E-state index contributed by atoms with van der Waals surface area (Å²) in [5.41, 5.74) is 2.48. The van der Waals surface area contributed by atoms with Crippen molar-refractivity contribution < 1.29 is 5.11 Å². The van der Waals surface area contributed by atoms with Crippen LogP contribution in [0.15, 0.2) is 29.3 Å². The monoisotopic (exact) mass is 330 g/mol. The van der Waals surface area contributed by atoms with Crippen LogP contribution < -0.4 is 10.9 Å². The number of aromatic nitrogens is 3. The summed E-state index contributed by atoms with van der Waals surface area (Å²) >= 11 is 0. The van der Waals surface area contributed by atoms with Crippen LogP contribution in [0.2, 0.25) is 0 Å². The molecule has 24 heavy (non-hydrogen) atoms. The van der Waals surface area contributed by atoms with Crippen LogP contribution in [-0.2, 0) is 6.42 Å².